The standard InChI is InChI=1S/C19H31N5O2.HI/c1-4-26-19(25)24-12-10-16(11-13-24)22-18(20)21-14-17(23(2)3)15-8-6-5-7-9-15;/h5-9,16-17H,4,10-14H2,1-3H3,(H3,20,21,22);1H. The molecule has 0 spiro atoms. The first-order valence-electron chi connectivity index (χ1n) is 9.20. The quantitative estimate of drug-likeness (QED) is 0.365. The molecule has 1 heterocycles. The fourth-order valence-corrected chi connectivity index (χ4v) is 3.10. The molecule has 27 heavy (non-hydrogen) atoms. The van der Waals surface area contributed by atoms with Gasteiger partial charge in [-0.25, -0.2) is 4.79 Å². The number of hydrogen-bond acceptors (Lipinski definition) is 4. The lowest BCUT2D eigenvalue weighted by atomic mass is 10.1. The van der Waals surface area contributed by atoms with E-state index in [4.69, 9.17) is 10.5 Å². The molecule has 1 aromatic rings. The number of nitrogens with two attached hydrogens (primary N) is 1. The second-order valence-corrected chi connectivity index (χ2v) is 6.72. The van der Waals surface area contributed by atoms with Crippen LogP contribution in [0.3, 0.4) is 0 Å². The van der Waals surface area contributed by atoms with E-state index in [1.54, 1.807) is 4.90 Å². The van der Waals surface area contributed by atoms with Crippen molar-refractivity contribution in [2.45, 2.75) is 31.8 Å². The molecule has 1 atom stereocenters. The molecule has 1 aliphatic rings. The molecular formula is C19H32IN5O2. The number of ether oxygens (including phenoxy) is 1. The molecule has 1 fully saturated rings. The van der Waals surface area contributed by atoms with Crippen LogP contribution >= 0.6 is 24.0 Å². The van der Waals surface area contributed by atoms with Gasteiger partial charge in [-0.3, -0.25) is 4.99 Å². The van der Waals surface area contributed by atoms with Gasteiger partial charge in [-0.05, 0) is 39.4 Å². The van der Waals surface area contributed by atoms with Crippen LogP contribution in [0.15, 0.2) is 35.3 Å². The summed E-state index contributed by atoms with van der Waals surface area (Å²) in [6.07, 6.45) is 1.44. The molecule has 1 saturated heterocycles. The summed E-state index contributed by atoms with van der Waals surface area (Å²) in [5.41, 5.74) is 7.31. The predicted octanol–water partition coefficient (Wildman–Crippen LogP) is 2.43. The van der Waals surface area contributed by atoms with Crippen molar-refractivity contribution in [2.75, 3.05) is 40.3 Å². The number of piperidine rings is 1. The van der Waals surface area contributed by atoms with Crippen LogP contribution in [-0.4, -0.2) is 68.2 Å². The molecule has 1 unspecified atom stereocenters. The Labute approximate surface area is 179 Å². The number of benzene rings is 1. The average molecular weight is 489 g/mol. The van der Waals surface area contributed by atoms with Gasteiger partial charge in [0.1, 0.15) is 0 Å². The summed E-state index contributed by atoms with van der Waals surface area (Å²) in [6, 6.07) is 10.7. The first-order chi connectivity index (χ1) is 12.5. The van der Waals surface area contributed by atoms with E-state index in [0.29, 0.717) is 32.2 Å². The van der Waals surface area contributed by atoms with Gasteiger partial charge in [0.15, 0.2) is 5.96 Å². The molecule has 7 nitrogen and oxygen atoms in total. The van der Waals surface area contributed by atoms with Crippen molar-refractivity contribution in [1.82, 2.24) is 15.1 Å². The van der Waals surface area contributed by atoms with Gasteiger partial charge in [-0.1, -0.05) is 30.3 Å². The van der Waals surface area contributed by atoms with Gasteiger partial charge >= 0.3 is 6.09 Å². The Balaban J connectivity index is 0.00000364. The maximum Gasteiger partial charge on any atom is 0.409 e. The van der Waals surface area contributed by atoms with Crippen molar-refractivity contribution in [1.29, 1.82) is 0 Å². The van der Waals surface area contributed by atoms with Crippen molar-refractivity contribution in [2.24, 2.45) is 10.7 Å². The summed E-state index contributed by atoms with van der Waals surface area (Å²) in [6.45, 7) is 4.17. The monoisotopic (exact) mass is 489 g/mol. The minimum absolute atomic E-state index is 0. The van der Waals surface area contributed by atoms with E-state index in [2.05, 4.69) is 27.3 Å². The molecule has 0 aromatic heterocycles. The number of guanidine groups is 1. The highest BCUT2D eigenvalue weighted by molar-refractivity contribution is 14.0. The summed E-state index contributed by atoms with van der Waals surface area (Å²) in [7, 11) is 4.09. The summed E-state index contributed by atoms with van der Waals surface area (Å²) in [5, 5.41) is 3.29. The number of halogens is 1. The second-order valence-electron chi connectivity index (χ2n) is 6.72. The number of carbonyl (C=O) groups excluding carboxylic acids is 1. The molecule has 8 heteroatoms. The second kappa shape index (κ2) is 12.0. The molecule has 1 aromatic carbocycles. The lowest BCUT2D eigenvalue weighted by Gasteiger charge is -2.32. The largest absolute Gasteiger partial charge is 0.450 e. The third kappa shape index (κ3) is 7.53. The average Bonchev–Trinajstić information content (AvgIpc) is 2.63. The Kier molecular flexibility index (Phi) is 10.5. The van der Waals surface area contributed by atoms with E-state index < -0.39 is 0 Å². The van der Waals surface area contributed by atoms with Crippen LogP contribution in [0.2, 0.25) is 0 Å². The predicted molar refractivity (Wildman–Crippen MR) is 120 cm³/mol. The minimum atomic E-state index is -0.232. The maximum atomic E-state index is 11.7. The fraction of sp³-hybridized carbons (Fsp3) is 0.579. The smallest absolute Gasteiger partial charge is 0.409 e. The zero-order chi connectivity index (χ0) is 18.9. The molecular weight excluding hydrogens is 457 g/mol. The summed E-state index contributed by atoms with van der Waals surface area (Å²) in [5.74, 6) is 0.461. The van der Waals surface area contributed by atoms with Crippen molar-refractivity contribution >= 4 is 36.0 Å². The van der Waals surface area contributed by atoms with Crippen LogP contribution in [0.25, 0.3) is 0 Å². The van der Waals surface area contributed by atoms with Gasteiger partial charge in [0.25, 0.3) is 0 Å². The molecule has 0 bridgehead atoms. The molecule has 152 valence electrons. The first-order valence-corrected chi connectivity index (χ1v) is 9.20. The Hall–Kier alpha value is -1.55. The van der Waals surface area contributed by atoms with E-state index in [0.717, 1.165) is 12.8 Å². The van der Waals surface area contributed by atoms with Crippen LogP contribution in [0.5, 0.6) is 0 Å². The van der Waals surface area contributed by atoms with Gasteiger partial charge in [-0.15, -0.1) is 24.0 Å². The Bertz CT molecular complexity index is 589. The first kappa shape index (κ1) is 23.5. The number of hydrogen-bond donors (Lipinski definition) is 2. The molecule has 3 N–H and O–H groups in total. The van der Waals surface area contributed by atoms with E-state index >= 15 is 0 Å². The number of nitrogens with zero attached hydrogens (tertiary/aromatic N) is 3. The Morgan fingerprint density at radius 3 is 2.52 bits per heavy atom. The lowest BCUT2D eigenvalue weighted by Crippen LogP contribution is -2.48. The maximum absolute atomic E-state index is 11.7. The molecule has 0 aliphatic carbocycles. The number of likely N-dealkylation sites (tertiary alicyclic amines) is 1. The number of likely N-dealkylation sites (N-methyl/N-ethyl adjacent to an activating group) is 1. The van der Waals surface area contributed by atoms with Crippen LogP contribution in [-0.2, 0) is 4.74 Å². The van der Waals surface area contributed by atoms with E-state index in [-0.39, 0.29) is 42.2 Å². The molecule has 0 radical (unpaired) electrons. The van der Waals surface area contributed by atoms with Crippen molar-refractivity contribution in [3.63, 3.8) is 0 Å². The molecule has 1 aliphatic heterocycles. The zero-order valence-electron chi connectivity index (χ0n) is 16.4. The van der Waals surface area contributed by atoms with Crippen molar-refractivity contribution in [3.05, 3.63) is 35.9 Å². The van der Waals surface area contributed by atoms with Gasteiger partial charge in [0.2, 0.25) is 0 Å². The van der Waals surface area contributed by atoms with Crippen molar-refractivity contribution in [3.8, 4) is 0 Å². The lowest BCUT2D eigenvalue weighted by molar-refractivity contribution is 0.0963. The normalized spacial score (nSPS) is 16.6. The number of nitrogens with one attached hydrogen (secondary N) is 1. The number of amides is 1. The third-order valence-corrected chi connectivity index (χ3v) is 4.62. The molecule has 0 saturated carbocycles. The van der Waals surface area contributed by atoms with Crippen LogP contribution in [0.4, 0.5) is 4.79 Å². The zero-order valence-corrected chi connectivity index (χ0v) is 18.8. The van der Waals surface area contributed by atoms with Crippen LogP contribution < -0.4 is 11.1 Å². The fourth-order valence-electron chi connectivity index (χ4n) is 3.10. The number of carbonyl (C=O) groups is 1. The Morgan fingerprint density at radius 2 is 1.96 bits per heavy atom. The van der Waals surface area contributed by atoms with Gasteiger partial charge < -0.3 is 25.6 Å². The van der Waals surface area contributed by atoms with E-state index in [9.17, 15) is 4.79 Å². The third-order valence-electron chi connectivity index (χ3n) is 4.62. The van der Waals surface area contributed by atoms with E-state index in [1.165, 1.54) is 5.56 Å². The van der Waals surface area contributed by atoms with Crippen molar-refractivity contribution < 1.29 is 9.53 Å². The number of aliphatic imine (C=N–C) groups is 1. The topological polar surface area (TPSA) is 83.2 Å². The summed E-state index contributed by atoms with van der Waals surface area (Å²) in [4.78, 5) is 20.2. The van der Waals surface area contributed by atoms with Gasteiger partial charge in [-0.2, -0.15) is 0 Å². The highest BCUT2D eigenvalue weighted by atomic mass is 127. The number of rotatable bonds is 6. The minimum Gasteiger partial charge on any atom is -0.450 e. The molecule has 1 amide bonds. The Morgan fingerprint density at radius 1 is 1.33 bits per heavy atom. The SMILES string of the molecule is CCOC(=O)N1CCC(NC(N)=NCC(c2ccccc2)N(C)C)CC1.I. The van der Waals surface area contributed by atoms with Crippen LogP contribution in [0, 0.1) is 0 Å². The van der Waals surface area contributed by atoms with Crippen LogP contribution in [0.1, 0.15) is 31.4 Å². The highest BCUT2D eigenvalue weighted by Crippen LogP contribution is 2.18. The van der Waals surface area contributed by atoms with Gasteiger partial charge in [0.05, 0.1) is 19.2 Å². The summed E-state index contributed by atoms with van der Waals surface area (Å²) >= 11 is 0. The van der Waals surface area contributed by atoms with E-state index in [1.807, 2.05) is 39.2 Å². The van der Waals surface area contributed by atoms with Gasteiger partial charge in [0, 0.05) is 19.1 Å². The highest BCUT2D eigenvalue weighted by Gasteiger charge is 2.23. The molecule has 2 rings (SSSR count). The summed E-state index contributed by atoms with van der Waals surface area (Å²) < 4.78 is 5.04.